The summed E-state index contributed by atoms with van der Waals surface area (Å²) in [5.41, 5.74) is 0.215. The lowest BCUT2D eigenvalue weighted by molar-refractivity contribution is 0.0814. The van der Waals surface area contributed by atoms with Crippen molar-refractivity contribution in [1.82, 2.24) is 10.2 Å². The first kappa shape index (κ1) is 18.9. The van der Waals surface area contributed by atoms with Crippen molar-refractivity contribution in [2.75, 3.05) is 26.2 Å². The monoisotopic (exact) mass is 272 g/mol. The number of aliphatic hydroxyl groups excluding tert-OH is 1. The second kappa shape index (κ2) is 9.73. The standard InChI is InChI=1S/C16H36N2O/c1-7-10-17-14(4)16(5,6)13-18(11-12-19)15(8-2)9-3/h14-15,17,19H,7-13H2,1-6H3. The molecule has 0 aromatic rings. The van der Waals surface area contributed by atoms with Crippen LogP contribution in [-0.2, 0) is 0 Å². The van der Waals surface area contributed by atoms with Gasteiger partial charge in [0.15, 0.2) is 0 Å². The van der Waals surface area contributed by atoms with Gasteiger partial charge in [0.1, 0.15) is 0 Å². The minimum absolute atomic E-state index is 0.215. The van der Waals surface area contributed by atoms with Crippen LogP contribution in [0.5, 0.6) is 0 Å². The molecule has 1 unspecified atom stereocenters. The molecule has 0 spiro atoms. The van der Waals surface area contributed by atoms with Gasteiger partial charge in [0.25, 0.3) is 0 Å². The highest BCUT2D eigenvalue weighted by atomic mass is 16.3. The zero-order valence-corrected chi connectivity index (χ0v) is 14.0. The van der Waals surface area contributed by atoms with Crippen molar-refractivity contribution >= 4 is 0 Å². The third-order valence-corrected chi connectivity index (χ3v) is 4.33. The van der Waals surface area contributed by atoms with Crippen LogP contribution in [0.4, 0.5) is 0 Å². The Morgan fingerprint density at radius 2 is 1.74 bits per heavy atom. The van der Waals surface area contributed by atoms with E-state index in [1.54, 1.807) is 0 Å². The molecule has 0 saturated carbocycles. The summed E-state index contributed by atoms with van der Waals surface area (Å²) >= 11 is 0. The lowest BCUT2D eigenvalue weighted by Gasteiger charge is -2.40. The van der Waals surface area contributed by atoms with E-state index in [1.165, 1.54) is 6.42 Å². The normalized spacial score (nSPS) is 14.4. The Kier molecular flexibility index (Phi) is 9.67. The van der Waals surface area contributed by atoms with E-state index in [9.17, 15) is 5.11 Å². The molecule has 0 aromatic heterocycles. The van der Waals surface area contributed by atoms with Crippen LogP contribution in [-0.4, -0.2) is 48.3 Å². The number of nitrogens with zero attached hydrogens (tertiary/aromatic N) is 1. The quantitative estimate of drug-likeness (QED) is 0.607. The molecule has 3 heteroatoms. The molecule has 0 bridgehead atoms. The molecule has 0 aliphatic rings. The number of hydrogen-bond acceptors (Lipinski definition) is 3. The summed E-state index contributed by atoms with van der Waals surface area (Å²) in [6, 6.07) is 1.08. The predicted molar refractivity (Wildman–Crippen MR) is 84.6 cm³/mol. The molecule has 19 heavy (non-hydrogen) atoms. The first-order chi connectivity index (χ1) is 8.92. The number of aliphatic hydroxyl groups is 1. The van der Waals surface area contributed by atoms with Gasteiger partial charge in [0, 0.05) is 25.2 Å². The molecule has 0 radical (unpaired) electrons. The van der Waals surface area contributed by atoms with Gasteiger partial charge in [-0.05, 0) is 38.1 Å². The summed E-state index contributed by atoms with van der Waals surface area (Å²) in [6.07, 6.45) is 3.49. The Morgan fingerprint density at radius 1 is 1.16 bits per heavy atom. The molecular weight excluding hydrogens is 236 g/mol. The fourth-order valence-corrected chi connectivity index (χ4v) is 2.62. The van der Waals surface area contributed by atoms with E-state index in [0.29, 0.717) is 12.1 Å². The van der Waals surface area contributed by atoms with E-state index in [1.807, 2.05) is 0 Å². The topological polar surface area (TPSA) is 35.5 Å². The van der Waals surface area contributed by atoms with Gasteiger partial charge in [0.05, 0.1) is 6.61 Å². The first-order valence-electron chi connectivity index (χ1n) is 8.01. The smallest absolute Gasteiger partial charge is 0.0558 e. The number of rotatable bonds is 11. The molecule has 0 fully saturated rings. The molecule has 1 atom stereocenters. The second-order valence-corrected chi connectivity index (χ2v) is 6.33. The summed E-state index contributed by atoms with van der Waals surface area (Å²) in [5, 5.41) is 12.9. The Balaban J connectivity index is 4.61. The molecule has 0 rings (SSSR count). The van der Waals surface area contributed by atoms with Crippen LogP contribution < -0.4 is 5.32 Å². The molecule has 116 valence electrons. The average molecular weight is 272 g/mol. The molecule has 0 aromatic carbocycles. The van der Waals surface area contributed by atoms with E-state index in [4.69, 9.17) is 0 Å². The fourth-order valence-electron chi connectivity index (χ4n) is 2.62. The molecule has 3 nitrogen and oxygen atoms in total. The second-order valence-electron chi connectivity index (χ2n) is 6.33. The summed E-state index contributed by atoms with van der Waals surface area (Å²) in [7, 11) is 0. The average Bonchev–Trinajstić information content (AvgIpc) is 2.37. The van der Waals surface area contributed by atoms with Gasteiger partial charge >= 0.3 is 0 Å². The molecule has 0 heterocycles. The van der Waals surface area contributed by atoms with Crippen LogP contribution in [0.3, 0.4) is 0 Å². The molecule has 0 aliphatic heterocycles. The third-order valence-electron chi connectivity index (χ3n) is 4.33. The third kappa shape index (κ3) is 6.73. The van der Waals surface area contributed by atoms with Crippen molar-refractivity contribution in [2.24, 2.45) is 5.41 Å². The van der Waals surface area contributed by atoms with Crippen molar-refractivity contribution in [2.45, 2.75) is 72.9 Å². The zero-order valence-electron chi connectivity index (χ0n) is 14.0. The maximum absolute atomic E-state index is 9.30. The van der Waals surface area contributed by atoms with Crippen molar-refractivity contribution in [3.8, 4) is 0 Å². The minimum Gasteiger partial charge on any atom is -0.395 e. The van der Waals surface area contributed by atoms with E-state index < -0.39 is 0 Å². The molecule has 0 saturated heterocycles. The van der Waals surface area contributed by atoms with Gasteiger partial charge in [-0.15, -0.1) is 0 Å². The van der Waals surface area contributed by atoms with Gasteiger partial charge < -0.3 is 10.4 Å². The van der Waals surface area contributed by atoms with E-state index >= 15 is 0 Å². The van der Waals surface area contributed by atoms with Crippen molar-refractivity contribution < 1.29 is 5.11 Å². The zero-order chi connectivity index (χ0) is 14.9. The van der Waals surface area contributed by atoms with Crippen molar-refractivity contribution in [3.05, 3.63) is 0 Å². The van der Waals surface area contributed by atoms with Crippen LogP contribution in [0.1, 0.15) is 60.8 Å². The van der Waals surface area contributed by atoms with Crippen molar-refractivity contribution in [1.29, 1.82) is 0 Å². The lowest BCUT2D eigenvalue weighted by Crippen LogP contribution is -2.50. The predicted octanol–water partition coefficient (Wildman–Crippen LogP) is 2.88. The van der Waals surface area contributed by atoms with E-state index in [0.717, 1.165) is 32.5 Å². The van der Waals surface area contributed by atoms with Gasteiger partial charge in [-0.1, -0.05) is 34.6 Å². The van der Waals surface area contributed by atoms with Gasteiger partial charge in [-0.3, -0.25) is 4.90 Å². The number of nitrogens with one attached hydrogen (secondary N) is 1. The van der Waals surface area contributed by atoms with E-state index in [2.05, 4.69) is 51.8 Å². The van der Waals surface area contributed by atoms with Crippen molar-refractivity contribution in [3.63, 3.8) is 0 Å². The van der Waals surface area contributed by atoms with Crippen LogP contribution in [0.15, 0.2) is 0 Å². The number of hydrogen-bond donors (Lipinski definition) is 2. The molecular formula is C16H36N2O. The highest BCUT2D eigenvalue weighted by molar-refractivity contribution is 4.85. The van der Waals surface area contributed by atoms with Gasteiger partial charge in [-0.25, -0.2) is 0 Å². The summed E-state index contributed by atoms with van der Waals surface area (Å²) in [5.74, 6) is 0. The van der Waals surface area contributed by atoms with Crippen LogP contribution in [0.2, 0.25) is 0 Å². The fraction of sp³-hybridized carbons (Fsp3) is 1.00. The molecule has 2 N–H and O–H groups in total. The van der Waals surface area contributed by atoms with Gasteiger partial charge in [0.2, 0.25) is 0 Å². The Bertz CT molecular complexity index is 215. The largest absolute Gasteiger partial charge is 0.395 e. The maximum Gasteiger partial charge on any atom is 0.0558 e. The van der Waals surface area contributed by atoms with Crippen LogP contribution in [0, 0.1) is 5.41 Å². The Hall–Kier alpha value is -0.120. The Labute approximate surface area is 120 Å². The highest BCUT2D eigenvalue weighted by Crippen LogP contribution is 2.24. The van der Waals surface area contributed by atoms with Crippen LogP contribution >= 0.6 is 0 Å². The Morgan fingerprint density at radius 3 is 2.16 bits per heavy atom. The minimum atomic E-state index is 0.215. The van der Waals surface area contributed by atoms with Crippen LogP contribution in [0.25, 0.3) is 0 Å². The van der Waals surface area contributed by atoms with E-state index in [-0.39, 0.29) is 12.0 Å². The first-order valence-corrected chi connectivity index (χ1v) is 8.01. The maximum atomic E-state index is 9.30. The summed E-state index contributed by atoms with van der Waals surface area (Å²) in [6.45, 7) is 16.8. The molecule has 0 amide bonds. The SMILES string of the molecule is CCCNC(C)C(C)(C)CN(CCO)C(CC)CC. The molecule has 0 aliphatic carbocycles. The lowest BCUT2D eigenvalue weighted by atomic mass is 9.84. The summed E-state index contributed by atoms with van der Waals surface area (Å²) < 4.78 is 0. The highest BCUT2D eigenvalue weighted by Gasteiger charge is 2.29. The van der Waals surface area contributed by atoms with Gasteiger partial charge in [-0.2, -0.15) is 0 Å². The summed E-state index contributed by atoms with van der Waals surface area (Å²) in [4.78, 5) is 2.46.